The van der Waals surface area contributed by atoms with Crippen LogP contribution >= 0.6 is 0 Å². The fraction of sp³-hybridized carbons (Fsp3) is 0.600. The second kappa shape index (κ2) is 5.09. The zero-order valence-electron chi connectivity index (χ0n) is 11.1. The zero-order valence-corrected chi connectivity index (χ0v) is 11.1. The molecule has 2 nitrogen and oxygen atoms in total. The number of hydrogen-bond donors (Lipinski definition) is 1. The highest BCUT2D eigenvalue weighted by Crippen LogP contribution is 2.49. The summed E-state index contributed by atoms with van der Waals surface area (Å²) in [6, 6.07) is 8.86. The molecule has 0 amide bonds. The fourth-order valence-corrected chi connectivity index (χ4v) is 2.52. The van der Waals surface area contributed by atoms with Crippen LogP contribution in [0.25, 0.3) is 0 Å². The van der Waals surface area contributed by atoms with E-state index in [1.165, 1.54) is 37.1 Å². The van der Waals surface area contributed by atoms with Gasteiger partial charge < -0.3 is 10.6 Å². The maximum atomic E-state index is 5.71. The molecule has 0 radical (unpaired) electrons. The van der Waals surface area contributed by atoms with Crippen LogP contribution in [-0.2, 0) is 0 Å². The van der Waals surface area contributed by atoms with Crippen molar-refractivity contribution in [2.24, 2.45) is 11.1 Å². The van der Waals surface area contributed by atoms with E-state index in [0.29, 0.717) is 5.41 Å². The Morgan fingerprint density at radius 3 is 2.35 bits per heavy atom. The van der Waals surface area contributed by atoms with Gasteiger partial charge in [0.25, 0.3) is 0 Å². The number of nitrogens with zero attached hydrogens (tertiary/aromatic N) is 1. The van der Waals surface area contributed by atoms with Crippen LogP contribution in [0, 0.1) is 12.3 Å². The molecule has 0 bridgehead atoms. The predicted molar refractivity (Wildman–Crippen MR) is 74.4 cm³/mol. The molecule has 0 atom stereocenters. The minimum atomic E-state index is 0.523. The summed E-state index contributed by atoms with van der Waals surface area (Å²) in [5, 5.41) is 0. The Morgan fingerprint density at radius 1 is 1.24 bits per heavy atom. The average molecular weight is 232 g/mol. The first kappa shape index (κ1) is 12.4. The molecule has 17 heavy (non-hydrogen) atoms. The van der Waals surface area contributed by atoms with E-state index in [1.807, 2.05) is 0 Å². The summed E-state index contributed by atoms with van der Waals surface area (Å²) in [6.07, 6.45) is 3.88. The Morgan fingerprint density at radius 2 is 1.88 bits per heavy atom. The standard InChI is InChI=1S/C15H24N2/c1-3-17(12-15(8-9-15)10-11-16)14-6-4-13(2)5-7-14/h4-7H,3,8-12,16H2,1-2H3. The Hall–Kier alpha value is -1.02. The Bertz CT molecular complexity index is 352. The third-order valence-corrected chi connectivity index (χ3v) is 3.94. The van der Waals surface area contributed by atoms with Crippen LogP contribution in [0.1, 0.15) is 31.7 Å². The third kappa shape index (κ3) is 3.01. The smallest absolute Gasteiger partial charge is 0.0366 e. The number of aryl methyl sites for hydroxylation is 1. The van der Waals surface area contributed by atoms with Crippen LogP contribution in [0.2, 0.25) is 0 Å². The molecule has 2 heteroatoms. The number of hydrogen-bond acceptors (Lipinski definition) is 2. The van der Waals surface area contributed by atoms with Gasteiger partial charge in [-0.1, -0.05) is 17.7 Å². The van der Waals surface area contributed by atoms with Gasteiger partial charge in [-0.15, -0.1) is 0 Å². The Labute approximate surface area is 105 Å². The molecule has 2 N–H and O–H groups in total. The van der Waals surface area contributed by atoms with Crippen molar-refractivity contribution < 1.29 is 0 Å². The third-order valence-electron chi connectivity index (χ3n) is 3.94. The van der Waals surface area contributed by atoms with E-state index in [-0.39, 0.29) is 0 Å². The van der Waals surface area contributed by atoms with Gasteiger partial charge in [0.2, 0.25) is 0 Å². The molecule has 1 fully saturated rings. The second-order valence-electron chi connectivity index (χ2n) is 5.39. The lowest BCUT2D eigenvalue weighted by atomic mass is 10.0. The van der Waals surface area contributed by atoms with Gasteiger partial charge in [-0.3, -0.25) is 0 Å². The van der Waals surface area contributed by atoms with Gasteiger partial charge >= 0.3 is 0 Å². The van der Waals surface area contributed by atoms with E-state index in [0.717, 1.165) is 13.1 Å². The average Bonchev–Trinajstić information content (AvgIpc) is 3.08. The van der Waals surface area contributed by atoms with E-state index >= 15 is 0 Å². The van der Waals surface area contributed by atoms with Crippen LogP contribution in [0.3, 0.4) is 0 Å². The highest BCUT2D eigenvalue weighted by Gasteiger charge is 2.42. The second-order valence-corrected chi connectivity index (χ2v) is 5.39. The zero-order chi connectivity index (χ0) is 12.3. The van der Waals surface area contributed by atoms with E-state index in [9.17, 15) is 0 Å². The summed E-state index contributed by atoms with van der Waals surface area (Å²) in [5.74, 6) is 0. The van der Waals surface area contributed by atoms with Crippen LogP contribution < -0.4 is 10.6 Å². The lowest BCUT2D eigenvalue weighted by Crippen LogP contribution is -2.31. The summed E-state index contributed by atoms with van der Waals surface area (Å²) in [4.78, 5) is 2.49. The summed E-state index contributed by atoms with van der Waals surface area (Å²) in [5.41, 5.74) is 8.91. The molecule has 0 aliphatic heterocycles. The van der Waals surface area contributed by atoms with Crippen LogP contribution in [-0.4, -0.2) is 19.6 Å². The minimum absolute atomic E-state index is 0.523. The molecule has 0 unspecified atom stereocenters. The van der Waals surface area contributed by atoms with Crippen molar-refractivity contribution in [2.75, 3.05) is 24.5 Å². The summed E-state index contributed by atoms with van der Waals surface area (Å²) < 4.78 is 0. The van der Waals surface area contributed by atoms with Crippen LogP contribution in [0.4, 0.5) is 5.69 Å². The van der Waals surface area contributed by atoms with E-state index in [4.69, 9.17) is 5.73 Å². The molecule has 0 spiro atoms. The largest absolute Gasteiger partial charge is 0.371 e. The normalized spacial score (nSPS) is 16.9. The van der Waals surface area contributed by atoms with Gasteiger partial charge in [-0.05, 0) is 57.2 Å². The fourth-order valence-electron chi connectivity index (χ4n) is 2.52. The van der Waals surface area contributed by atoms with Crippen molar-refractivity contribution in [3.63, 3.8) is 0 Å². The number of rotatable bonds is 6. The number of nitrogens with two attached hydrogens (primary N) is 1. The monoisotopic (exact) mass is 232 g/mol. The summed E-state index contributed by atoms with van der Waals surface area (Å²) in [6.45, 7) is 7.44. The van der Waals surface area contributed by atoms with Gasteiger partial charge in [0.05, 0.1) is 0 Å². The number of benzene rings is 1. The van der Waals surface area contributed by atoms with Gasteiger partial charge in [0.1, 0.15) is 0 Å². The molecule has 1 saturated carbocycles. The van der Waals surface area contributed by atoms with Gasteiger partial charge in [-0.2, -0.15) is 0 Å². The van der Waals surface area contributed by atoms with Gasteiger partial charge in [0.15, 0.2) is 0 Å². The molecule has 0 aromatic heterocycles. The molecule has 94 valence electrons. The van der Waals surface area contributed by atoms with Crippen molar-refractivity contribution >= 4 is 5.69 Å². The van der Waals surface area contributed by atoms with E-state index in [1.54, 1.807) is 0 Å². The lowest BCUT2D eigenvalue weighted by Gasteiger charge is -2.28. The molecule has 0 saturated heterocycles. The van der Waals surface area contributed by atoms with Crippen molar-refractivity contribution in [1.82, 2.24) is 0 Å². The molecule has 1 aromatic rings. The van der Waals surface area contributed by atoms with Crippen molar-refractivity contribution in [3.8, 4) is 0 Å². The Balaban J connectivity index is 2.04. The van der Waals surface area contributed by atoms with E-state index < -0.39 is 0 Å². The highest BCUT2D eigenvalue weighted by molar-refractivity contribution is 5.47. The number of anilines is 1. The molecular formula is C15H24N2. The van der Waals surface area contributed by atoms with Crippen LogP contribution in [0.15, 0.2) is 24.3 Å². The molecule has 1 aliphatic carbocycles. The topological polar surface area (TPSA) is 29.3 Å². The van der Waals surface area contributed by atoms with Gasteiger partial charge in [0, 0.05) is 18.8 Å². The lowest BCUT2D eigenvalue weighted by molar-refractivity contribution is 0.468. The van der Waals surface area contributed by atoms with Crippen molar-refractivity contribution in [2.45, 2.75) is 33.1 Å². The first-order chi connectivity index (χ1) is 8.19. The van der Waals surface area contributed by atoms with Crippen molar-refractivity contribution in [1.29, 1.82) is 0 Å². The predicted octanol–water partition coefficient (Wildman–Crippen LogP) is 2.95. The maximum Gasteiger partial charge on any atom is 0.0366 e. The van der Waals surface area contributed by atoms with Crippen LogP contribution in [0.5, 0.6) is 0 Å². The molecule has 2 rings (SSSR count). The highest BCUT2D eigenvalue weighted by atomic mass is 15.1. The first-order valence-electron chi connectivity index (χ1n) is 6.71. The summed E-state index contributed by atoms with van der Waals surface area (Å²) >= 11 is 0. The minimum Gasteiger partial charge on any atom is -0.371 e. The quantitative estimate of drug-likeness (QED) is 0.817. The van der Waals surface area contributed by atoms with Gasteiger partial charge in [-0.25, -0.2) is 0 Å². The Kier molecular flexibility index (Phi) is 3.72. The SMILES string of the molecule is CCN(CC1(CCN)CC1)c1ccc(C)cc1. The molecular weight excluding hydrogens is 208 g/mol. The molecule has 0 heterocycles. The maximum absolute atomic E-state index is 5.71. The molecule has 1 aromatic carbocycles. The molecule has 1 aliphatic rings. The van der Waals surface area contributed by atoms with E-state index in [2.05, 4.69) is 43.0 Å². The van der Waals surface area contributed by atoms with Crippen molar-refractivity contribution in [3.05, 3.63) is 29.8 Å². The summed E-state index contributed by atoms with van der Waals surface area (Å²) in [7, 11) is 0. The first-order valence-corrected chi connectivity index (χ1v) is 6.71.